The van der Waals surface area contributed by atoms with Crippen molar-refractivity contribution in [2.45, 2.75) is 45.2 Å². The van der Waals surface area contributed by atoms with Crippen LogP contribution in [0.4, 0.5) is 24.5 Å². The molecule has 1 unspecified atom stereocenters. The molecule has 1 heterocycles. The summed E-state index contributed by atoms with van der Waals surface area (Å²) in [6.45, 7) is 6.48. The lowest BCUT2D eigenvalue weighted by Crippen LogP contribution is -2.25. The highest BCUT2D eigenvalue weighted by Crippen LogP contribution is 2.31. The number of rotatable bonds is 6. The Labute approximate surface area is 186 Å². The van der Waals surface area contributed by atoms with Gasteiger partial charge in [-0.2, -0.15) is 13.2 Å². The van der Waals surface area contributed by atoms with Gasteiger partial charge in [-0.25, -0.2) is 4.79 Å². The van der Waals surface area contributed by atoms with E-state index in [4.69, 9.17) is 9.90 Å². The molecule has 32 heavy (non-hydrogen) atoms. The van der Waals surface area contributed by atoms with E-state index in [1.54, 1.807) is 0 Å². The zero-order chi connectivity index (χ0) is 23.7. The lowest BCUT2D eigenvalue weighted by Gasteiger charge is -2.24. The molecule has 0 bridgehead atoms. The number of amides is 1. The molecule has 0 saturated carbocycles. The van der Waals surface area contributed by atoms with Crippen LogP contribution in [0, 0.1) is 5.92 Å². The van der Waals surface area contributed by atoms with Crippen LogP contribution in [0.3, 0.4) is 0 Å². The Kier molecular flexibility index (Phi) is 9.11. The second-order valence-electron chi connectivity index (χ2n) is 8.10. The summed E-state index contributed by atoms with van der Waals surface area (Å²) in [4.78, 5) is 24.4. The highest BCUT2D eigenvalue weighted by molar-refractivity contribution is 5.98. The van der Waals surface area contributed by atoms with E-state index in [-0.39, 0.29) is 11.8 Å². The molecule has 2 N–H and O–H groups in total. The SMILES string of the molecule is CC(C)CC(C(=O)Nc1ccccc1N1CCCC1)c1ccccc1.O=C(O)C(F)(F)F. The zero-order valence-electron chi connectivity index (χ0n) is 18.2. The van der Waals surface area contributed by atoms with Crippen LogP contribution in [-0.2, 0) is 9.59 Å². The Balaban J connectivity index is 0.000000451. The molecule has 0 aliphatic carbocycles. The van der Waals surface area contributed by atoms with Gasteiger partial charge in [-0.05, 0) is 42.9 Å². The summed E-state index contributed by atoms with van der Waals surface area (Å²) >= 11 is 0. The summed E-state index contributed by atoms with van der Waals surface area (Å²) in [5, 5.41) is 10.3. The Morgan fingerprint density at radius 3 is 2.06 bits per heavy atom. The van der Waals surface area contributed by atoms with Gasteiger partial charge in [0.15, 0.2) is 0 Å². The second-order valence-corrected chi connectivity index (χ2v) is 8.10. The molecule has 1 aliphatic heterocycles. The number of aliphatic carboxylic acids is 1. The van der Waals surface area contributed by atoms with Gasteiger partial charge in [-0.3, -0.25) is 4.79 Å². The monoisotopic (exact) mass is 450 g/mol. The summed E-state index contributed by atoms with van der Waals surface area (Å²) in [6.07, 6.45) is -1.79. The lowest BCUT2D eigenvalue weighted by molar-refractivity contribution is -0.192. The summed E-state index contributed by atoms with van der Waals surface area (Å²) in [5.41, 5.74) is 3.16. The topological polar surface area (TPSA) is 69.6 Å². The minimum atomic E-state index is -5.08. The maximum atomic E-state index is 13.1. The molecule has 5 nitrogen and oxygen atoms in total. The Morgan fingerprint density at radius 2 is 1.53 bits per heavy atom. The van der Waals surface area contributed by atoms with E-state index in [0.717, 1.165) is 36.4 Å². The van der Waals surface area contributed by atoms with Crippen molar-refractivity contribution in [3.05, 3.63) is 60.2 Å². The van der Waals surface area contributed by atoms with E-state index in [2.05, 4.69) is 42.3 Å². The molecule has 1 fully saturated rings. The number of hydrogen-bond acceptors (Lipinski definition) is 3. The number of hydrogen-bond donors (Lipinski definition) is 2. The van der Waals surface area contributed by atoms with Crippen molar-refractivity contribution in [1.82, 2.24) is 0 Å². The molecule has 3 rings (SSSR count). The molecule has 8 heteroatoms. The van der Waals surface area contributed by atoms with E-state index in [1.165, 1.54) is 12.8 Å². The van der Waals surface area contributed by atoms with Gasteiger partial charge in [-0.15, -0.1) is 0 Å². The molecule has 0 spiro atoms. The first kappa shape index (κ1) is 25.2. The molecule has 1 amide bonds. The van der Waals surface area contributed by atoms with E-state index in [1.807, 2.05) is 36.4 Å². The van der Waals surface area contributed by atoms with Crippen LogP contribution >= 0.6 is 0 Å². The fourth-order valence-corrected chi connectivity index (χ4v) is 3.58. The summed E-state index contributed by atoms with van der Waals surface area (Å²) in [5.74, 6) is -2.32. The van der Waals surface area contributed by atoms with Gasteiger partial charge in [0.2, 0.25) is 5.91 Å². The number of para-hydroxylation sites is 2. The number of halogens is 3. The van der Waals surface area contributed by atoms with Crippen LogP contribution in [0.5, 0.6) is 0 Å². The largest absolute Gasteiger partial charge is 0.490 e. The van der Waals surface area contributed by atoms with Crippen LogP contribution in [0.25, 0.3) is 0 Å². The van der Waals surface area contributed by atoms with Crippen molar-refractivity contribution in [2.75, 3.05) is 23.3 Å². The molecule has 1 saturated heterocycles. The molecule has 2 aromatic carbocycles. The van der Waals surface area contributed by atoms with Gasteiger partial charge in [0.1, 0.15) is 0 Å². The minimum Gasteiger partial charge on any atom is -0.475 e. The standard InChI is InChI=1S/C22H28N2O.C2HF3O2/c1-17(2)16-19(18-10-4-3-5-11-18)22(25)23-20-12-6-7-13-21(20)24-14-8-9-15-24;3-2(4,5)1(6)7/h3-7,10-13,17,19H,8-9,14-16H2,1-2H3,(H,23,25);(H,6,7). The van der Waals surface area contributed by atoms with Crippen LogP contribution in [0.2, 0.25) is 0 Å². The fraction of sp³-hybridized carbons (Fsp3) is 0.417. The first-order valence-electron chi connectivity index (χ1n) is 10.6. The maximum absolute atomic E-state index is 13.1. The highest BCUT2D eigenvalue weighted by atomic mass is 19.4. The Hall–Kier alpha value is -3.03. The number of anilines is 2. The van der Waals surface area contributed by atoms with Crippen LogP contribution < -0.4 is 10.2 Å². The third kappa shape index (κ3) is 7.59. The van der Waals surface area contributed by atoms with E-state index in [0.29, 0.717) is 5.92 Å². The number of carboxylic acids is 1. The number of nitrogens with one attached hydrogen (secondary N) is 1. The van der Waals surface area contributed by atoms with Crippen LogP contribution in [-0.4, -0.2) is 36.2 Å². The summed E-state index contributed by atoms with van der Waals surface area (Å²) in [7, 11) is 0. The van der Waals surface area contributed by atoms with Crippen molar-refractivity contribution in [2.24, 2.45) is 5.92 Å². The van der Waals surface area contributed by atoms with Crippen LogP contribution in [0.1, 0.15) is 44.6 Å². The van der Waals surface area contributed by atoms with Gasteiger partial charge in [0, 0.05) is 13.1 Å². The van der Waals surface area contributed by atoms with E-state index < -0.39 is 12.1 Å². The Bertz CT molecular complexity index is 880. The Morgan fingerprint density at radius 1 is 1.00 bits per heavy atom. The average molecular weight is 451 g/mol. The van der Waals surface area contributed by atoms with Gasteiger partial charge in [0.05, 0.1) is 17.3 Å². The number of benzene rings is 2. The number of carbonyl (C=O) groups is 2. The third-order valence-corrected chi connectivity index (χ3v) is 5.08. The van der Waals surface area contributed by atoms with E-state index in [9.17, 15) is 18.0 Å². The lowest BCUT2D eigenvalue weighted by atomic mass is 9.89. The van der Waals surface area contributed by atoms with Crippen molar-refractivity contribution < 1.29 is 27.9 Å². The van der Waals surface area contributed by atoms with Gasteiger partial charge in [0.25, 0.3) is 0 Å². The fourth-order valence-electron chi connectivity index (χ4n) is 3.58. The predicted octanol–water partition coefficient (Wildman–Crippen LogP) is 5.69. The average Bonchev–Trinajstić information content (AvgIpc) is 3.27. The smallest absolute Gasteiger partial charge is 0.475 e. The van der Waals surface area contributed by atoms with Crippen molar-refractivity contribution in [3.63, 3.8) is 0 Å². The normalized spacial score (nSPS) is 14.5. The van der Waals surface area contributed by atoms with Crippen molar-refractivity contribution >= 4 is 23.3 Å². The van der Waals surface area contributed by atoms with E-state index >= 15 is 0 Å². The zero-order valence-corrected chi connectivity index (χ0v) is 18.2. The molecule has 174 valence electrons. The molecular weight excluding hydrogens is 421 g/mol. The minimum absolute atomic E-state index is 0.0894. The molecule has 0 aromatic heterocycles. The van der Waals surface area contributed by atoms with Gasteiger partial charge >= 0.3 is 12.1 Å². The maximum Gasteiger partial charge on any atom is 0.490 e. The molecule has 1 aliphatic rings. The van der Waals surface area contributed by atoms with Crippen LogP contribution in [0.15, 0.2) is 54.6 Å². The molecular formula is C24H29F3N2O3. The highest BCUT2D eigenvalue weighted by Gasteiger charge is 2.38. The summed E-state index contributed by atoms with van der Waals surface area (Å²) in [6, 6.07) is 18.3. The number of carbonyl (C=O) groups excluding carboxylic acids is 1. The predicted molar refractivity (Wildman–Crippen MR) is 119 cm³/mol. The first-order chi connectivity index (χ1) is 15.1. The quantitative estimate of drug-likeness (QED) is 0.593. The van der Waals surface area contributed by atoms with Crippen molar-refractivity contribution in [3.8, 4) is 0 Å². The molecule has 2 aromatic rings. The van der Waals surface area contributed by atoms with Crippen molar-refractivity contribution in [1.29, 1.82) is 0 Å². The number of nitrogens with zero attached hydrogens (tertiary/aromatic N) is 1. The number of carboxylic acid groups (broad SMARTS) is 1. The van der Waals surface area contributed by atoms with Gasteiger partial charge < -0.3 is 15.3 Å². The molecule has 0 radical (unpaired) electrons. The summed E-state index contributed by atoms with van der Waals surface area (Å²) < 4.78 is 31.7. The first-order valence-corrected chi connectivity index (χ1v) is 10.6. The second kappa shape index (κ2) is 11.5. The number of alkyl halides is 3. The third-order valence-electron chi connectivity index (χ3n) is 5.08. The van der Waals surface area contributed by atoms with Gasteiger partial charge in [-0.1, -0.05) is 56.3 Å². The molecule has 1 atom stereocenters.